The third-order valence-electron chi connectivity index (χ3n) is 4.19. The molecule has 1 aliphatic rings. The van der Waals surface area contributed by atoms with Gasteiger partial charge in [-0.05, 0) is 36.0 Å². The number of halogens is 1. The van der Waals surface area contributed by atoms with Crippen LogP contribution in [0.25, 0.3) is 0 Å². The van der Waals surface area contributed by atoms with Gasteiger partial charge in [-0.15, -0.1) is 0 Å². The minimum Gasteiger partial charge on any atom is -0.324 e. The van der Waals surface area contributed by atoms with Crippen molar-refractivity contribution in [1.82, 2.24) is 0 Å². The lowest BCUT2D eigenvalue weighted by Gasteiger charge is -2.35. The molecule has 1 fully saturated rings. The Bertz CT molecular complexity index is 364. The summed E-state index contributed by atoms with van der Waals surface area (Å²) in [5, 5.41) is 0. The van der Waals surface area contributed by atoms with Gasteiger partial charge in [0.2, 0.25) is 0 Å². The van der Waals surface area contributed by atoms with Crippen LogP contribution in [-0.2, 0) is 0 Å². The van der Waals surface area contributed by atoms with Gasteiger partial charge < -0.3 is 5.73 Å². The maximum absolute atomic E-state index is 6.48. The van der Waals surface area contributed by atoms with Crippen LogP contribution in [0.3, 0.4) is 0 Å². The fourth-order valence-corrected chi connectivity index (χ4v) is 3.59. The van der Waals surface area contributed by atoms with Gasteiger partial charge in [0.15, 0.2) is 0 Å². The Balaban J connectivity index is 2.15. The minimum atomic E-state index is 0.206. The van der Waals surface area contributed by atoms with Crippen molar-refractivity contribution in [2.75, 3.05) is 0 Å². The molecule has 0 aromatic heterocycles. The molecule has 17 heavy (non-hydrogen) atoms. The van der Waals surface area contributed by atoms with Crippen LogP contribution in [0.2, 0.25) is 0 Å². The van der Waals surface area contributed by atoms with E-state index in [1.54, 1.807) is 0 Å². The molecule has 0 saturated heterocycles. The SMILES string of the molecule is CCC1CCCCC1C(N)c1cccc(Br)c1. The summed E-state index contributed by atoms with van der Waals surface area (Å²) in [6, 6.07) is 8.69. The van der Waals surface area contributed by atoms with Crippen molar-refractivity contribution in [2.24, 2.45) is 17.6 Å². The van der Waals surface area contributed by atoms with E-state index in [0.29, 0.717) is 5.92 Å². The molecular weight excluding hydrogens is 274 g/mol. The second kappa shape index (κ2) is 6.01. The molecule has 0 amide bonds. The first kappa shape index (κ1) is 13.1. The number of nitrogens with two attached hydrogens (primary N) is 1. The molecule has 0 spiro atoms. The molecule has 1 aromatic rings. The number of rotatable bonds is 3. The van der Waals surface area contributed by atoms with Crippen LogP contribution in [0.5, 0.6) is 0 Å². The van der Waals surface area contributed by atoms with Crippen LogP contribution in [0.1, 0.15) is 50.6 Å². The summed E-state index contributed by atoms with van der Waals surface area (Å²) in [6.07, 6.45) is 6.67. The summed E-state index contributed by atoms with van der Waals surface area (Å²) < 4.78 is 1.13. The highest BCUT2D eigenvalue weighted by Gasteiger charge is 2.29. The molecule has 1 aromatic carbocycles. The van der Waals surface area contributed by atoms with E-state index in [-0.39, 0.29) is 6.04 Å². The average Bonchev–Trinajstić information content (AvgIpc) is 2.38. The Hall–Kier alpha value is -0.340. The first-order valence-corrected chi connectivity index (χ1v) is 7.52. The fourth-order valence-electron chi connectivity index (χ4n) is 3.18. The van der Waals surface area contributed by atoms with E-state index in [0.717, 1.165) is 10.4 Å². The predicted octanol–water partition coefficient (Wildman–Crippen LogP) is 4.67. The largest absolute Gasteiger partial charge is 0.324 e. The molecule has 1 saturated carbocycles. The Labute approximate surface area is 113 Å². The molecule has 2 rings (SSSR count). The standard InChI is InChI=1S/C15H22BrN/c1-2-11-6-3-4-9-14(11)15(17)12-7-5-8-13(16)10-12/h5,7-8,10-11,14-15H,2-4,6,9,17H2,1H3. The average molecular weight is 296 g/mol. The highest BCUT2D eigenvalue weighted by atomic mass is 79.9. The maximum atomic E-state index is 6.48. The van der Waals surface area contributed by atoms with E-state index in [4.69, 9.17) is 5.73 Å². The molecule has 2 heteroatoms. The zero-order valence-electron chi connectivity index (χ0n) is 10.5. The summed E-state index contributed by atoms with van der Waals surface area (Å²) in [7, 11) is 0. The number of hydrogen-bond donors (Lipinski definition) is 1. The molecule has 3 atom stereocenters. The monoisotopic (exact) mass is 295 g/mol. The van der Waals surface area contributed by atoms with E-state index in [2.05, 4.69) is 47.1 Å². The van der Waals surface area contributed by atoms with Crippen molar-refractivity contribution >= 4 is 15.9 Å². The molecule has 0 heterocycles. The van der Waals surface area contributed by atoms with Crippen molar-refractivity contribution in [3.63, 3.8) is 0 Å². The maximum Gasteiger partial charge on any atom is 0.0326 e. The van der Waals surface area contributed by atoms with Gasteiger partial charge in [-0.3, -0.25) is 0 Å². The van der Waals surface area contributed by atoms with Gasteiger partial charge in [-0.1, -0.05) is 60.7 Å². The van der Waals surface area contributed by atoms with Gasteiger partial charge in [0.1, 0.15) is 0 Å². The first-order chi connectivity index (χ1) is 8.22. The second-order valence-electron chi connectivity index (χ2n) is 5.20. The molecule has 0 aliphatic heterocycles. The van der Waals surface area contributed by atoms with Gasteiger partial charge in [-0.2, -0.15) is 0 Å². The van der Waals surface area contributed by atoms with E-state index in [9.17, 15) is 0 Å². The summed E-state index contributed by atoms with van der Waals surface area (Å²) in [5.74, 6) is 1.49. The molecule has 1 nitrogen and oxygen atoms in total. The van der Waals surface area contributed by atoms with E-state index < -0.39 is 0 Å². The second-order valence-corrected chi connectivity index (χ2v) is 6.11. The van der Waals surface area contributed by atoms with E-state index in [1.165, 1.54) is 37.7 Å². The van der Waals surface area contributed by atoms with Gasteiger partial charge in [-0.25, -0.2) is 0 Å². The van der Waals surface area contributed by atoms with Gasteiger partial charge in [0.05, 0.1) is 0 Å². The fraction of sp³-hybridized carbons (Fsp3) is 0.600. The van der Waals surface area contributed by atoms with Crippen LogP contribution in [0.15, 0.2) is 28.7 Å². The van der Waals surface area contributed by atoms with Gasteiger partial charge in [0, 0.05) is 10.5 Å². The summed E-state index contributed by atoms with van der Waals surface area (Å²) in [5.41, 5.74) is 7.77. The van der Waals surface area contributed by atoms with E-state index in [1.807, 2.05) is 0 Å². The van der Waals surface area contributed by atoms with Crippen LogP contribution >= 0.6 is 15.9 Å². The van der Waals surface area contributed by atoms with Crippen LogP contribution in [-0.4, -0.2) is 0 Å². The van der Waals surface area contributed by atoms with Gasteiger partial charge >= 0.3 is 0 Å². The molecule has 0 bridgehead atoms. The molecule has 0 radical (unpaired) electrons. The Morgan fingerprint density at radius 1 is 1.35 bits per heavy atom. The van der Waals surface area contributed by atoms with Crippen LogP contribution in [0.4, 0.5) is 0 Å². The quantitative estimate of drug-likeness (QED) is 0.862. The summed E-state index contributed by atoms with van der Waals surface area (Å²) in [4.78, 5) is 0. The lowest BCUT2D eigenvalue weighted by molar-refractivity contribution is 0.196. The van der Waals surface area contributed by atoms with Crippen LogP contribution in [0, 0.1) is 11.8 Å². The smallest absolute Gasteiger partial charge is 0.0326 e. The third kappa shape index (κ3) is 3.11. The molecule has 2 N–H and O–H groups in total. The van der Waals surface area contributed by atoms with Crippen molar-refractivity contribution in [3.8, 4) is 0 Å². The molecular formula is C15H22BrN. The highest BCUT2D eigenvalue weighted by Crippen LogP contribution is 2.39. The van der Waals surface area contributed by atoms with Crippen LogP contribution < -0.4 is 5.73 Å². The Morgan fingerprint density at radius 2 is 2.12 bits per heavy atom. The third-order valence-corrected chi connectivity index (χ3v) is 4.68. The zero-order chi connectivity index (χ0) is 12.3. The lowest BCUT2D eigenvalue weighted by atomic mass is 9.73. The predicted molar refractivity (Wildman–Crippen MR) is 76.8 cm³/mol. The van der Waals surface area contributed by atoms with Gasteiger partial charge in [0.25, 0.3) is 0 Å². The normalized spacial score (nSPS) is 26.8. The Morgan fingerprint density at radius 3 is 2.82 bits per heavy atom. The minimum absolute atomic E-state index is 0.206. The van der Waals surface area contributed by atoms with Crippen molar-refractivity contribution in [2.45, 2.75) is 45.1 Å². The number of hydrogen-bond acceptors (Lipinski definition) is 1. The molecule has 1 aliphatic carbocycles. The Kier molecular flexibility index (Phi) is 4.63. The highest BCUT2D eigenvalue weighted by molar-refractivity contribution is 9.10. The summed E-state index contributed by atoms with van der Waals surface area (Å²) in [6.45, 7) is 2.30. The number of benzene rings is 1. The first-order valence-electron chi connectivity index (χ1n) is 6.73. The molecule has 3 unspecified atom stereocenters. The van der Waals surface area contributed by atoms with Crippen molar-refractivity contribution < 1.29 is 0 Å². The van der Waals surface area contributed by atoms with Crippen molar-refractivity contribution in [3.05, 3.63) is 34.3 Å². The summed E-state index contributed by atoms with van der Waals surface area (Å²) >= 11 is 3.53. The van der Waals surface area contributed by atoms with Crippen molar-refractivity contribution in [1.29, 1.82) is 0 Å². The molecule has 94 valence electrons. The van der Waals surface area contributed by atoms with E-state index >= 15 is 0 Å². The zero-order valence-corrected chi connectivity index (χ0v) is 12.1. The lowest BCUT2D eigenvalue weighted by Crippen LogP contribution is -2.30. The topological polar surface area (TPSA) is 26.0 Å².